The van der Waals surface area contributed by atoms with Crippen molar-refractivity contribution in [2.24, 2.45) is 0 Å². The molecule has 0 bridgehead atoms. The van der Waals surface area contributed by atoms with Crippen molar-refractivity contribution in [3.05, 3.63) is 47.0 Å². The average Bonchev–Trinajstić information content (AvgIpc) is 2.34. The normalized spacial score (nSPS) is 15.2. The third-order valence-corrected chi connectivity index (χ3v) is 2.89. The molecular formula is C13H9F6NO. The second-order valence-corrected chi connectivity index (χ2v) is 4.36. The van der Waals surface area contributed by atoms with E-state index in [2.05, 4.69) is 6.58 Å². The summed E-state index contributed by atoms with van der Waals surface area (Å²) in [7, 11) is 0. The van der Waals surface area contributed by atoms with Gasteiger partial charge in [0.1, 0.15) is 0 Å². The smallest absolute Gasteiger partial charge is 0.372 e. The molecule has 8 heteroatoms. The van der Waals surface area contributed by atoms with E-state index in [1.165, 1.54) is 6.07 Å². The Morgan fingerprint density at radius 2 is 1.71 bits per heavy atom. The SMILES string of the molecule is C=C(C)C(O)(c1ccc(C#N)c(C(F)(F)F)c1)C(F)(F)F. The minimum Gasteiger partial charge on any atom is -0.372 e. The van der Waals surface area contributed by atoms with E-state index in [1.807, 2.05) is 0 Å². The quantitative estimate of drug-likeness (QED) is 0.665. The van der Waals surface area contributed by atoms with Gasteiger partial charge in [-0.05, 0) is 30.2 Å². The highest BCUT2D eigenvalue weighted by Crippen LogP contribution is 2.45. The van der Waals surface area contributed by atoms with Gasteiger partial charge in [-0.25, -0.2) is 0 Å². The first-order valence-corrected chi connectivity index (χ1v) is 5.42. The zero-order valence-electron chi connectivity index (χ0n) is 10.6. The van der Waals surface area contributed by atoms with Crippen LogP contribution in [0.15, 0.2) is 30.4 Å². The van der Waals surface area contributed by atoms with Crippen molar-refractivity contribution in [1.29, 1.82) is 5.26 Å². The van der Waals surface area contributed by atoms with Gasteiger partial charge in [0.05, 0.1) is 17.2 Å². The molecule has 0 saturated carbocycles. The summed E-state index contributed by atoms with van der Waals surface area (Å²) in [4.78, 5) is 0. The van der Waals surface area contributed by atoms with Gasteiger partial charge in [0.25, 0.3) is 0 Å². The van der Waals surface area contributed by atoms with Gasteiger partial charge < -0.3 is 5.11 Å². The lowest BCUT2D eigenvalue weighted by atomic mass is 9.85. The molecule has 1 aromatic carbocycles. The maximum atomic E-state index is 13.0. The lowest BCUT2D eigenvalue weighted by Crippen LogP contribution is -2.43. The standard InChI is InChI=1S/C13H9F6NO/c1-7(2)11(21,13(17,18)19)9-4-3-8(6-20)10(5-9)12(14,15)16/h3-5,21H,1H2,2H3. The van der Waals surface area contributed by atoms with Crippen LogP contribution in [0.5, 0.6) is 0 Å². The summed E-state index contributed by atoms with van der Waals surface area (Å²) in [5.41, 5.74) is -7.84. The van der Waals surface area contributed by atoms with Gasteiger partial charge in [-0.2, -0.15) is 31.6 Å². The fourth-order valence-electron chi connectivity index (χ4n) is 1.75. The summed E-state index contributed by atoms with van der Waals surface area (Å²) in [6, 6.07) is 2.56. The molecular weight excluding hydrogens is 300 g/mol. The van der Waals surface area contributed by atoms with Crippen molar-refractivity contribution >= 4 is 0 Å². The number of halogens is 6. The second-order valence-electron chi connectivity index (χ2n) is 4.36. The van der Waals surface area contributed by atoms with Crippen LogP contribution in [-0.4, -0.2) is 11.3 Å². The fourth-order valence-corrected chi connectivity index (χ4v) is 1.75. The van der Waals surface area contributed by atoms with E-state index >= 15 is 0 Å². The number of nitrogens with zero attached hydrogens (tertiary/aromatic N) is 1. The first-order chi connectivity index (χ1) is 9.35. The molecule has 0 radical (unpaired) electrons. The fraction of sp³-hybridized carbons (Fsp3) is 0.308. The van der Waals surface area contributed by atoms with Gasteiger partial charge in [0.15, 0.2) is 0 Å². The second kappa shape index (κ2) is 5.07. The minimum atomic E-state index is -5.25. The van der Waals surface area contributed by atoms with Crippen LogP contribution in [-0.2, 0) is 11.8 Å². The molecule has 1 rings (SSSR count). The van der Waals surface area contributed by atoms with E-state index in [0.29, 0.717) is 12.1 Å². The first kappa shape index (κ1) is 17.0. The Balaban J connectivity index is 3.66. The number of hydrogen-bond acceptors (Lipinski definition) is 2. The molecule has 0 aliphatic heterocycles. The van der Waals surface area contributed by atoms with E-state index in [-0.39, 0.29) is 6.07 Å². The van der Waals surface area contributed by atoms with Crippen LogP contribution in [0.25, 0.3) is 0 Å². The van der Waals surface area contributed by atoms with Gasteiger partial charge >= 0.3 is 12.4 Å². The predicted octanol–water partition coefficient (Wildman–Crippen LogP) is 3.90. The molecule has 2 nitrogen and oxygen atoms in total. The number of rotatable bonds is 2. The Hall–Kier alpha value is -2.01. The first-order valence-electron chi connectivity index (χ1n) is 5.42. The number of benzene rings is 1. The Morgan fingerprint density at radius 1 is 1.19 bits per heavy atom. The van der Waals surface area contributed by atoms with Crippen LogP contribution >= 0.6 is 0 Å². The topological polar surface area (TPSA) is 44.0 Å². The summed E-state index contributed by atoms with van der Waals surface area (Å²) >= 11 is 0. The van der Waals surface area contributed by atoms with Gasteiger partial charge in [0, 0.05) is 0 Å². The van der Waals surface area contributed by atoms with E-state index < -0.39 is 40.2 Å². The number of nitriles is 1. The van der Waals surface area contributed by atoms with Crippen molar-refractivity contribution in [3.63, 3.8) is 0 Å². The predicted molar refractivity (Wildman–Crippen MR) is 60.9 cm³/mol. The number of alkyl halides is 6. The number of aliphatic hydroxyl groups is 1. The Bertz CT molecular complexity index is 611. The van der Waals surface area contributed by atoms with Crippen molar-refractivity contribution in [2.45, 2.75) is 24.9 Å². The Morgan fingerprint density at radius 3 is 2.05 bits per heavy atom. The van der Waals surface area contributed by atoms with E-state index in [4.69, 9.17) is 5.26 Å². The Kier molecular flexibility index (Phi) is 4.12. The maximum absolute atomic E-state index is 13.0. The summed E-state index contributed by atoms with van der Waals surface area (Å²) in [6.45, 7) is 3.83. The molecule has 0 fully saturated rings. The van der Waals surface area contributed by atoms with Gasteiger partial charge in [-0.15, -0.1) is 0 Å². The molecule has 0 aromatic heterocycles. The van der Waals surface area contributed by atoms with Crippen molar-refractivity contribution < 1.29 is 31.4 Å². The van der Waals surface area contributed by atoms with E-state index in [1.54, 1.807) is 0 Å². The van der Waals surface area contributed by atoms with Crippen LogP contribution in [0.4, 0.5) is 26.3 Å². The van der Waals surface area contributed by atoms with Gasteiger partial charge in [0.2, 0.25) is 5.60 Å². The largest absolute Gasteiger partial charge is 0.425 e. The molecule has 0 saturated heterocycles. The molecule has 0 spiro atoms. The zero-order valence-corrected chi connectivity index (χ0v) is 10.6. The summed E-state index contributed by atoms with van der Waals surface area (Å²) in [5, 5.41) is 18.4. The number of hydrogen-bond donors (Lipinski definition) is 1. The monoisotopic (exact) mass is 309 g/mol. The molecule has 0 aliphatic rings. The minimum absolute atomic E-state index is 0.112. The van der Waals surface area contributed by atoms with Crippen molar-refractivity contribution in [1.82, 2.24) is 0 Å². The summed E-state index contributed by atoms with van der Waals surface area (Å²) in [5.74, 6) is 0. The third-order valence-electron chi connectivity index (χ3n) is 2.89. The highest BCUT2D eigenvalue weighted by Gasteiger charge is 2.56. The highest BCUT2D eigenvalue weighted by molar-refractivity contribution is 5.46. The summed E-state index contributed by atoms with van der Waals surface area (Å²) < 4.78 is 77.3. The molecule has 114 valence electrons. The van der Waals surface area contributed by atoms with Gasteiger partial charge in [-0.1, -0.05) is 12.6 Å². The van der Waals surface area contributed by atoms with Crippen LogP contribution in [0.2, 0.25) is 0 Å². The molecule has 0 amide bonds. The van der Waals surface area contributed by atoms with Crippen molar-refractivity contribution in [2.75, 3.05) is 0 Å². The van der Waals surface area contributed by atoms with E-state index in [0.717, 1.165) is 6.92 Å². The highest BCUT2D eigenvalue weighted by atomic mass is 19.4. The molecule has 0 heterocycles. The third kappa shape index (κ3) is 2.88. The van der Waals surface area contributed by atoms with Crippen molar-refractivity contribution in [3.8, 4) is 6.07 Å². The van der Waals surface area contributed by atoms with E-state index in [9.17, 15) is 31.4 Å². The molecule has 21 heavy (non-hydrogen) atoms. The lowest BCUT2D eigenvalue weighted by Gasteiger charge is -2.32. The van der Waals surface area contributed by atoms with Crippen LogP contribution in [0.1, 0.15) is 23.6 Å². The van der Waals surface area contributed by atoms with Crippen LogP contribution in [0, 0.1) is 11.3 Å². The zero-order chi connectivity index (χ0) is 16.6. The summed E-state index contributed by atoms with van der Waals surface area (Å²) in [6.07, 6.45) is -10.3. The van der Waals surface area contributed by atoms with Crippen LogP contribution in [0.3, 0.4) is 0 Å². The molecule has 1 unspecified atom stereocenters. The lowest BCUT2D eigenvalue weighted by molar-refractivity contribution is -0.249. The molecule has 1 atom stereocenters. The molecule has 1 aromatic rings. The maximum Gasteiger partial charge on any atom is 0.425 e. The molecule has 1 N–H and O–H groups in total. The average molecular weight is 309 g/mol. The van der Waals surface area contributed by atoms with Crippen LogP contribution < -0.4 is 0 Å². The molecule has 0 aliphatic carbocycles. The Labute approximate surface area is 115 Å². The van der Waals surface area contributed by atoms with Gasteiger partial charge in [-0.3, -0.25) is 0 Å².